The largest absolute Gasteiger partial charge is 0.480 e. The van der Waals surface area contributed by atoms with E-state index in [0.29, 0.717) is 0 Å². The Bertz CT molecular complexity index is 539. The number of methoxy groups -OCH3 is 1. The van der Waals surface area contributed by atoms with Gasteiger partial charge < -0.3 is 15.2 Å². The molecule has 0 spiro atoms. The number of aromatic nitrogens is 1. The third kappa shape index (κ3) is 3.62. The van der Waals surface area contributed by atoms with Crippen LogP contribution in [0.15, 0.2) is 12.3 Å². The first-order chi connectivity index (χ1) is 8.99. The van der Waals surface area contributed by atoms with Crippen molar-refractivity contribution in [3.63, 3.8) is 0 Å². The van der Waals surface area contributed by atoms with Crippen molar-refractivity contribution in [3.05, 3.63) is 27.9 Å². The molecular formula is C10H10N4O5. The number of carboxylic acid groups (broad SMARTS) is 1. The lowest BCUT2D eigenvalue weighted by Gasteiger charge is -2.14. The number of carbonyl (C=O) groups is 1. The molecule has 2 N–H and O–H groups in total. The molecule has 1 heterocycles. The maximum atomic E-state index is 10.9. The van der Waals surface area contributed by atoms with Gasteiger partial charge in [-0.2, -0.15) is 5.26 Å². The van der Waals surface area contributed by atoms with Gasteiger partial charge in [-0.1, -0.05) is 0 Å². The number of carboxylic acids is 1. The second-order valence-corrected chi connectivity index (χ2v) is 3.45. The van der Waals surface area contributed by atoms with Crippen LogP contribution in [0.2, 0.25) is 0 Å². The average Bonchev–Trinajstić information content (AvgIpc) is 2.38. The first-order valence-electron chi connectivity index (χ1n) is 5.02. The molecule has 0 aliphatic carbocycles. The SMILES string of the molecule is COCC(Nc1ncc([N+](=O)[O-])cc1C#N)C(=O)O. The first-order valence-corrected chi connectivity index (χ1v) is 5.02. The molecule has 0 aliphatic heterocycles. The van der Waals surface area contributed by atoms with Crippen LogP contribution >= 0.6 is 0 Å². The fourth-order valence-corrected chi connectivity index (χ4v) is 1.26. The van der Waals surface area contributed by atoms with Gasteiger partial charge in [0.2, 0.25) is 0 Å². The van der Waals surface area contributed by atoms with E-state index in [1.165, 1.54) is 7.11 Å². The van der Waals surface area contributed by atoms with Crippen LogP contribution in [0.25, 0.3) is 0 Å². The molecular weight excluding hydrogens is 256 g/mol. The Kier molecular flexibility index (Phi) is 4.73. The molecule has 0 aromatic carbocycles. The number of nitro groups is 1. The van der Waals surface area contributed by atoms with Crippen molar-refractivity contribution in [1.29, 1.82) is 5.26 Å². The zero-order chi connectivity index (χ0) is 14.4. The second-order valence-electron chi connectivity index (χ2n) is 3.45. The number of nitrogens with one attached hydrogen (secondary N) is 1. The molecule has 1 unspecified atom stereocenters. The van der Waals surface area contributed by atoms with Crippen LogP contribution in [-0.4, -0.2) is 40.7 Å². The van der Waals surface area contributed by atoms with Crippen LogP contribution in [0.3, 0.4) is 0 Å². The van der Waals surface area contributed by atoms with Crippen molar-refractivity contribution in [2.24, 2.45) is 0 Å². The third-order valence-corrected chi connectivity index (χ3v) is 2.15. The van der Waals surface area contributed by atoms with Crippen molar-refractivity contribution in [2.45, 2.75) is 6.04 Å². The van der Waals surface area contributed by atoms with E-state index in [0.717, 1.165) is 12.3 Å². The highest BCUT2D eigenvalue weighted by Gasteiger charge is 2.20. The maximum absolute atomic E-state index is 10.9. The van der Waals surface area contributed by atoms with E-state index < -0.39 is 16.9 Å². The summed E-state index contributed by atoms with van der Waals surface area (Å²) in [7, 11) is 1.33. The Morgan fingerprint density at radius 3 is 2.95 bits per heavy atom. The van der Waals surface area contributed by atoms with Crippen LogP contribution in [-0.2, 0) is 9.53 Å². The molecule has 0 aliphatic rings. The summed E-state index contributed by atoms with van der Waals surface area (Å²) in [5, 5.41) is 30.8. The zero-order valence-corrected chi connectivity index (χ0v) is 9.86. The molecule has 1 aromatic rings. The van der Waals surface area contributed by atoms with Gasteiger partial charge in [-0.15, -0.1) is 0 Å². The lowest BCUT2D eigenvalue weighted by molar-refractivity contribution is -0.385. The topological polar surface area (TPSA) is 138 Å². The summed E-state index contributed by atoms with van der Waals surface area (Å²) in [6, 6.07) is 1.62. The molecule has 100 valence electrons. The molecule has 0 saturated carbocycles. The Morgan fingerprint density at radius 1 is 1.79 bits per heavy atom. The number of hydrogen-bond acceptors (Lipinski definition) is 7. The maximum Gasteiger partial charge on any atom is 0.328 e. The molecule has 1 aromatic heterocycles. The standard InChI is InChI=1S/C10H10N4O5/c1-19-5-8(10(15)16)13-9-6(3-11)2-7(4-12-9)14(17)18/h2,4,8H,5H2,1H3,(H,12,13)(H,15,16). The summed E-state index contributed by atoms with van der Waals surface area (Å²) >= 11 is 0. The van der Waals surface area contributed by atoms with Crippen molar-refractivity contribution >= 4 is 17.5 Å². The highest BCUT2D eigenvalue weighted by molar-refractivity contribution is 5.77. The minimum absolute atomic E-state index is 0.0439. The molecule has 9 nitrogen and oxygen atoms in total. The first kappa shape index (κ1) is 14.3. The van der Waals surface area contributed by atoms with Crippen molar-refractivity contribution in [1.82, 2.24) is 4.98 Å². The predicted molar refractivity (Wildman–Crippen MR) is 62.5 cm³/mol. The number of aliphatic carboxylic acids is 1. The molecule has 0 fully saturated rings. The normalized spacial score (nSPS) is 11.4. The molecule has 0 saturated heterocycles. The van der Waals surface area contributed by atoms with Gasteiger partial charge in [-0.3, -0.25) is 10.1 Å². The third-order valence-electron chi connectivity index (χ3n) is 2.15. The highest BCUT2D eigenvalue weighted by Crippen LogP contribution is 2.18. The minimum Gasteiger partial charge on any atom is -0.480 e. The van der Waals surface area contributed by atoms with Gasteiger partial charge in [0.1, 0.15) is 29.7 Å². The molecule has 0 bridgehead atoms. The van der Waals surface area contributed by atoms with Gasteiger partial charge in [-0.05, 0) is 0 Å². The Morgan fingerprint density at radius 2 is 2.47 bits per heavy atom. The van der Waals surface area contributed by atoms with Crippen LogP contribution in [0.5, 0.6) is 0 Å². The molecule has 0 amide bonds. The predicted octanol–water partition coefficient (Wildman–Crippen LogP) is 0.373. The van der Waals surface area contributed by atoms with Gasteiger partial charge in [-0.25, -0.2) is 9.78 Å². The molecule has 1 atom stereocenters. The summed E-state index contributed by atoms with van der Waals surface area (Å²) in [5.41, 5.74) is -0.461. The lowest BCUT2D eigenvalue weighted by atomic mass is 10.2. The monoisotopic (exact) mass is 266 g/mol. The Balaban J connectivity index is 3.04. The number of nitrogens with zero attached hydrogens (tertiary/aromatic N) is 3. The van der Waals surface area contributed by atoms with Crippen molar-refractivity contribution < 1.29 is 19.6 Å². The lowest BCUT2D eigenvalue weighted by Crippen LogP contribution is -2.34. The smallest absolute Gasteiger partial charge is 0.328 e. The van der Waals surface area contributed by atoms with E-state index in [2.05, 4.69) is 10.3 Å². The van der Waals surface area contributed by atoms with E-state index in [1.54, 1.807) is 6.07 Å². The number of hydrogen-bond donors (Lipinski definition) is 2. The molecule has 0 radical (unpaired) electrons. The fourth-order valence-electron chi connectivity index (χ4n) is 1.26. The Labute approximate surface area is 107 Å². The van der Waals surface area contributed by atoms with Gasteiger partial charge in [0.25, 0.3) is 5.69 Å². The summed E-state index contributed by atoms with van der Waals surface area (Å²) in [6.07, 6.45) is 0.939. The van der Waals surface area contributed by atoms with Crippen LogP contribution in [0.1, 0.15) is 5.56 Å². The summed E-state index contributed by atoms with van der Waals surface area (Å²) in [5.74, 6) is -1.23. The van der Waals surface area contributed by atoms with Crippen LogP contribution < -0.4 is 5.32 Å². The van der Waals surface area contributed by atoms with Crippen LogP contribution in [0.4, 0.5) is 11.5 Å². The van der Waals surface area contributed by atoms with Crippen LogP contribution in [0, 0.1) is 21.4 Å². The van der Waals surface area contributed by atoms with Gasteiger partial charge >= 0.3 is 5.97 Å². The van der Waals surface area contributed by atoms with Crippen molar-refractivity contribution in [3.8, 4) is 6.07 Å². The van der Waals surface area contributed by atoms with Gasteiger partial charge in [0, 0.05) is 13.2 Å². The summed E-state index contributed by atoms with van der Waals surface area (Å²) < 4.78 is 4.71. The van der Waals surface area contributed by atoms with E-state index >= 15 is 0 Å². The van der Waals surface area contributed by atoms with E-state index in [1.807, 2.05) is 0 Å². The van der Waals surface area contributed by atoms with E-state index in [4.69, 9.17) is 15.1 Å². The van der Waals surface area contributed by atoms with E-state index in [9.17, 15) is 14.9 Å². The molecule has 9 heteroatoms. The Hall–Kier alpha value is -2.73. The summed E-state index contributed by atoms with van der Waals surface area (Å²) in [6.45, 7) is -0.140. The quantitative estimate of drug-likeness (QED) is 0.556. The highest BCUT2D eigenvalue weighted by atomic mass is 16.6. The minimum atomic E-state index is -1.19. The molecule has 1 rings (SSSR count). The summed E-state index contributed by atoms with van der Waals surface area (Å²) in [4.78, 5) is 24.4. The number of nitriles is 1. The fraction of sp³-hybridized carbons (Fsp3) is 0.300. The zero-order valence-electron chi connectivity index (χ0n) is 9.86. The van der Waals surface area contributed by atoms with Gasteiger partial charge in [0.05, 0.1) is 11.5 Å². The van der Waals surface area contributed by atoms with Crippen molar-refractivity contribution in [2.75, 3.05) is 19.0 Å². The second kappa shape index (κ2) is 6.27. The van der Waals surface area contributed by atoms with Gasteiger partial charge in [0.15, 0.2) is 0 Å². The number of ether oxygens (including phenoxy) is 1. The number of pyridine rings is 1. The number of anilines is 1. The molecule has 19 heavy (non-hydrogen) atoms. The number of rotatable bonds is 6. The van der Waals surface area contributed by atoms with E-state index in [-0.39, 0.29) is 23.7 Å². The average molecular weight is 266 g/mol.